The summed E-state index contributed by atoms with van der Waals surface area (Å²) in [5, 5.41) is 23.2. The van der Waals surface area contributed by atoms with E-state index in [1.54, 1.807) is 25.1 Å². The Balaban J connectivity index is 0.00000264. The minimum Gasteiger partial charge on any atom is -0.450 e. The van der Waals surface area contributed by atoms with Crippen LogP contribution in [0.5, 0.6) is 0 Å². The fourth-order valence-electron chi connectivity index (χ4n) is 2.71. The van der Waals surface area contributed by atoms with Gasteiger partial charge in [0.1, 0.15) is 12.2 Å². The third-order valence-electron chi connectivity index (χ3n) is 4.18. The second kappa shape index (κ2) is 7.03. The summed E-state index contributed by atoms with van der Waals surface area (Å²) >= 11 is 0. The number of alkyl carbamates (subject to hydrolysis) is 1. The fraction of sp³-hybridized carbons (Fsp3) is 0.588. The summed E-state index contributed by atoms with van der Waals surface area (Å²) < 4.78 is 5.24. The van der Waals surface area contributed by atoms with Crippen LogP contribution in [0.15, 0.2) is 24.3 Å². The normalized spacial score (nSPS) is 26.2. The standard InChI is InChI=1S/C16H25NO4Si.CH4/c1-16(17-15(20)21-9-10-22(2,3)4)12-8-6-5-7-11(12)13(18)14(16)19;/h5-8,13-14,18-19H,9-10H2,1-4H3,(H,17,20);1H4/t13-,14+,16+;/m0./s1. The van der Waals surface area contributed by atoms with Crippen molar-refractivity contribution in [2.45, 2.75) is 57.8 Å². The molecule has 5 nitrogen and oxygen atoms in total. The number of nitrogens with one attached hydrogen (secondary N) is 1. The van der Waals surface area contributed by atoms with E-state index >= 15 is 0 Å². The molecule has 1 aliphatic carbocycles. The van der Waals surface area contributed by atoms with E-state index in [-0.39, 0.29) is 7.43 Å². The second-order valence-corrected chi connectivity index (χ2v) is 12.9. The van der Waals surface area contributed by atoms with Gasteiger partial charge in [-0.15, -0.1) is 0 Å². The highest BCUT2D eigenvalue weighted by molar-refractivity contribution is 6.76. The van der Waals surface area contributed by atoms with Gasteiger partial charge in [0.05, 0.1) is 12.1 Å². The maximum atomic E-state index is 12.0. The molecule has 0 saturated carbocycles. The van der Waals surface area contributed by atoms with Crippen LogP contribution in [0.25, 0.3) is 0 Å². The molecule has 2 rings (SSSR count). The average molecular weight is 340 g/mol. The molecule has 0 bridgehead atoms. The van der Waals surface area contributed by atoms with Crippen LogP contribution in [0.1, 0.15) is 31.6 Å². The smallest absolute Gasteiger partial charge is 0.407 e. The number of hydrogen-bond acceptors (Lipinski definition) is 4. The van der Waals surface area contributed by atoms with Gasteiger partial charge in [0, 0.05) is 8.07 Å². The van der Waals surface area contributed by atoms with Gasteiger partial charge >= 0.3 is 6.09 Å². The van der Waals surface area contributed by atoms with Gasteiger partial charge in [0.15, 0.2) is 0 Å². The molecule has 3 N–H and O–H groups in total. The third-order valence-corrected chi connectivity index (χ3v) is 5.88. The first-order valence-electron chi connectivity index (χ1n) is 7.55. The van der Waals surface area contributed by atoms with Crippen LogP contribution in [0.3, 0.4) is 0 Å². The van der Waals surface area contributed by atoms with Crippen molar-refractivity contribution in [1.82, 2.24) is 5.32 Å². The van der Waals surface area contributed by atoms with Crippen molar-refractivity contribution in [2.24, 2.45) is 0 Å². The zero-order chi connectivity index (χ0) is 16.5. The Kier molecular flexibility index (Phi) is 6.01. The summed E-state index contributed by atoms with van der Waals surface area (Å²) in [5.74, 6) is 0. The topological polar surface area (TPSA) is 78.8 Å². The lowest BCUT2D eigenvalue weighted by Gasteiger charge is -2.31. The van der Waals surface area contributed by atoms with E-state index < -0.39 is 31.9 Å². The molecule has 130 valence electrons. The van der Waals surface area contributed by atoms with Crippen molar-refractivity contribution in [3.63, 3.8) is 0 Å². The van der Waals surface area contributed by atoms with E-state index in [4.69, 9.17) is 4.74 Å². The molecule has 23 heavy (non-hydrogen) atoms. The van der Waals surface area contributed by atoms with Crippen LogP contribution >= 0.6 is 0 Å². The number of carbonyl (C=O) groups excluding carboxylic acids is 1. The van der Waals surface area contributed by atoms with Gasteiger partial charge in [0.2, 0.25) is 0 Å². The maximum Gasteiger partial charge on any atom is 0.407 e. The summed E-state index contributed by atoms with van der Waals surface area (Å²) in [7, 11) is -1.26. The minimum absolute atomic E-state index is 0. The first kappa shape index (κ1) is 19.7. The first-order valence-corrected chi connectivity index (χ1v) is 11.3. The quantitative estimate of drug-likeness (QED) is 0.737. The van der Waals surface area contributed by atoms with Crippen molar-refractivity contribution < 1.29 is 19.7 Å². The van der Waals surface area contributed by atoms with Crippen LogP contribution in [-0.4, -0.2) is 37.1 Å². The monoisotopic (exact) mass is 339 g/mol. The molecular formula is C17H29NO4Si. The molecule has 0 aromatic heterocycles. The van der Waals surface area contributed by atoms with E-state index in [2.05, 4.69) is 25.0 Å². The highest BCUT2D eigenvalue weighted by Crippen LogP contribution is 2.43. The lowest BCUT2D eigenvalue weighted by Crippen LogP contribution is -2.50. The van der Waals surface area contributed by atoms with E-state index in [1.165, 1.54) is 0 Å². The van der Waals surface area contributed by atoms with Crippen molar-refractivity contribution in [1.29, 1.82) is 0 Å². The molecule has 0 unspecified atom stereocenters. The Bertz CT molecular complexity index is 558. The molecule has 0 spiro atoms. The number of rotatable bonds is 4. The van der Waals surface area contributed by atoms with E-state index in [0.717, 1.165) is 11.6 Å². The molecule has 1 aliphatic rings. The number of aliphatic hydroxyl groups is 2. The van der Waals surface area contributed by atoms with Gasteiger partial charge in [-0.1, -0.05) is 51.3 Å². The van der Waals surface area contributed by atoms with Gasteiger partial charge in [0.25, 0.3) is 0 Å². The van der Waals surface area contributed by atoms with Crippen molar-refractivity contribution in [2.75, 3.05) is 6.61 Å². The van der Waals surface area contributed by atoms with Gasteiger partial charge in [-0.05, 0) is 24.1 Å². The Morgan fingerprint density at radius 3 is 2.52 bits per heavy atom. The number of aliphatic hydroxyl groups excluding tert-OH is 2. The average Bonchev–Trinajstić information content (AvgIpc) is 2.60. The van der Waals surface area contributed by atoms with E-state index in [0.29, 0.717) is 12.2 Å². The SMILES string of the molecule is C.C[C@@]1(NC(=O)OCC[Si](C)(C)C)c2ccccc2[C@H](O)[C@H]1O. The molecule has 1 aromatic rings. The van der Waals surface area contributed by atoms with Crippen molar-refractivity contribution in [3.05, 3.63) is 35.4 Å². The van der Waals surface area contributed by atoms with Gasteiger partial charge in [-0.3, -0.25) is 0 Å². The molecule has 6 heteroatoms. The van der Waals surface area contributed by atoms with Crippen LogP contribution in [0, 0.1) is 0 Å². The molecule has 1 amide bonds. The van der Waals surface area contributed by atoms with Crippen molar-refractivity contribution >= 4 is 14.2 Å². The molecule has 0 radical (unpaired) electrons. The van der Waals surface area contributed by atoms with E-state index in [1.807, 2.05) is 6.07 Å². The van der Waals surface area contributed by atoms with Crippen LogP contribution in [0.4, 0.5) is 4.79 Å². The van der Waals surface area contributed by atoms with Gasteiger partial charge in [-0.25, -0.2) is 4.79 Å². The maximum absolute atomic E-state index is 12.0. The zero-order valence-corrected chi connectivity index (χ0v) is 14.6. The molecule has 0 aliphatic heterocycles. The molecular weight excluding hydrogens is 310 g/mol. The highest BCUT2D eigenvalue weighted by Gasteiger charge is 2.49. The molecule has 0 saturated heterocycles. The van der Waals surface area contributed by atoms with Gasteiger partial charge in [-0.2, -0.15) is 0 Å². The summed E-state index contributed by atoms with van der Waals surface area (Å²) in [5.41, 5.74) is 0.309. The number of hydrogen-bond donors (Lipinski definition) is 3. The van der Waals surface area contributed by atoms with Gasteiger partial charge < -0.3 is 20.3 Å². The predicted octanol–water partition coefficient (Wildman–Crippen LogP) is 3.01. The fourth-order valence-corrected chi connectivity index (χ4v) is 3.43. The first-order chi connectivity index (χ1) is 10.1. The molecule has 3 atom stereocenters. The van der Waals surface area contributed by atoms with Crippen LogP contribution < -0.4 is 5.32 Å². The highest BCUT2D eigenvalue weighted by atomic mass is 28.3. The Hall–Kier alpha value is -1.37. The predicted molar refractivity (Wildman–Crippen MR) is 94.1 cm³/mol. The summed E-state index contributed by atoms with van der Waals surface area (Å²) in [4.78, 5) is 12.0. The third kappa shape index (κ3) is 4.13. The Morgan fingerprint density at radius 2 is 1.91 bits per heavy atom. The number of fused-ring (bicyclic) bond motifs is 1. The number of benzene rings is 1. The summed E-state index contributed by atoms with van der Waals surface area (Å²) in [6.07, 6.45) is -2.68. The number of ether oxygens (including phenoxy) is 1. The Morgan fingerprint density at radius 1 is 1.30 bits per heavy atom. The lowest BCUT2D eigenvalue weighted by atomic mass is 9.92. The molecule has 1 aromatic carbocycles. The number of carbonyl (C=O) groups is 1. The van der Waals surface area contributed by atoms with Crippen LogP contribution in [-0.2, 0) is 10.3 Å². The van der Waals surface area contributed by atoms with Crippen LogP contribution in [0.2, 0.25) is 25.7 Å². The molecule has 0 fully saturated rings. The van der Waals surface area contributed by atoms with Crippen molar-refractivity contribution in [3.8, 4) is 0 Å². The largest absolute Gasteiger partial charge is 0.450 e. The molecule has 0 heterocycles. The van der Waals surface area contributed by atoms with E-state index in [9.17, 15) is 15.0 Å². The number of amides is 1. The lowest BCUT2D eigenvalue weighted by molar-refractivity contribution is -0.0202. The second-order valence-electron chi connectivity index (χ2n) is 7.25. The Labute approximate surface area is 139 Å². The zero-order valence-electron chi connectivity index (χ0n) is 13.6. The summed E-state index contributed by atoms with van der Waals surface area (Å²) in [6.45, 7) is 8.71. The minimum atomic E-state index is -1.26. The summed E-state index contributed by atoms with van der Waals surface area (Å²) in [6, 6.07) is 8.07.